The smallest absolute Gasteiger partial charge is 0.324 e. The normalized spacial score (nSPS) is 13.3. The summed E-state index contributed by atoms with van der Waals surface area (Å²) in [4.78, 5) is 28.0. The van der Waals surface area contributed by atoms with E-state index in [0.29, 0.717) is 11.7 Å². The van der Waals surface area contributed by atoms with Gasteiger partial charge in [-0.25, -0.2) is 13.9 Å². The Kier molecular flexibility index (Phi) is 7.03. The summed E-state index contributed by atoms with van der Waals surface area (Å²) in [6.07, 6.45) is 5.84. The molecule has 1 aliphatic carbocycles. The van der Waals surface area contributed by atoms with E-state index in [1.165, 1.54) is 43.3 Å². The minimum absolute atomic E-state index is 0.00106. The Hall–Kier alpha value is -4.73. The molecule has 0 saturated heterocycles. The second-order valence-electron chi connectivity index (χ2n) is 9.25. The summed E-state index contributed by atoms with van der Waals surface area (Å²) in [5.74, 6) is -0.414. The lowest BCUT2D eigenvalue weighted by molar-refractivity contribution is 0.0995. The number of ether oxygens (including phenoxy) is 1. The molecular formula is C28H27FN6O3. The Balaban J connectivity index is 1.31. The number of anilines is 2. The number of hydrogen-bond acceptors (Lipinski definition) is 5. The van der Waals surface area contributed by atoms with Gasteiger partial charge >= 0.3 is 6.03 Å². The molecule has 2 aromatic heterocycles. The molecular weight excluding hydrogens is 487 g/mol. The molecule has 0 unspecified atom stereocenters. The quantitative estimate of drug-likeness (QED) is 0.283. The fourth-order valence-electron chi connectivity index (χ4n) is 4.54. The van der Waals surface area contributed by atoms with Crippen LogP contribution in [-0.4, -0.2) is 26.7 Å². The van der Waals surface area contributed by atoms with Crippen LogP contribution in [0.1, 0.15) is 53.3 Å². The van der Waals surface area contributed by atoms with Crippen molar-refractivity contribution in [1.29, 1.82) is 0 Å². The zero-order chi connectivity index (χ0) is 26.6. The minimum Gasteiger partial charge on any atom is -0.454 e. The molecule has 10 heteroatoms. The predicted octanol–water partition coefficient (Wildman–Crippen LogP) is 5.91. The Bertz CT molecular complexity index is 1500. The third-order valence-corrected chi connectivity index (χ3v) is 6.39. The van der Waals surface area contributed by atoms with Crippen molar-refractivity contribution in [3.63, 3.8) is 0 Å². The number of rotatable bonds is 7. The van der Waals surface area contributed by atoms with E-state index in [9.17, 15) is 14.0 Å². The number of pyridine rings is 1. The van der Waals surface area contributed by atoms with Crippen LogP contribution in [0.15, 0.2) is 66.9 Å². The van der Waals surface area contributed by atoms with Crippen molar-refractivity contribution in [3.8, 4) is 17.2 Å². The lowest BCUT2D eigenvalue weighted by atomic mass is 10.0. The first kappa shape index (κ1) is 24.9. The van der Waals surface area contributed by atoms with Gasteiger partial charge in [0.25, 0.3) is 5.91 Å². The number of primary amides is 1. The van der Waals surface area contributed by atoms with Crippen LogP contribution in [0.25, 0.3) is 5.69 Å². The van der Waals surface area contributed by atoms with Crippen molar-refractivity contribution in [3.05, 3.63) is 89.6 Å². The number of halogens is 1. The number of urea groups is 1. The molecule has 1 aliphatic rings. The predicted molar refractivity (Wildman–Crippen MR) is 141 cm³/mol. The number of carbonyl (C=O) groups excluding carboxylic acids is 2. The maximum absolute atomic E-state index is 14.8. The van der Waals surface area contributed by atoms with Crippen molar-refractivity contribution in [1.82, 2.24) is 14.8 Å². The molecule has 0 bridgehead atoms. The Morgan fingerprint density at radius 2 is 1.87 bits per heavy atom. The highest BCUT2D eigenvalue weighted by atomic mass is 19.1. The van der Waals surface area contributed by atoms with E-state index >= 15 is 0 Å². The van der Waals surface area contributed by atoms with E-state index in [1.54, 1.807) is 4.68 Å². The van der Waals surface area contributed by atoms with Gasteiger partial charge in [0.2, 0.25) is 0 Å². The van der Waals surface area contributed by atoms with Crippen molar-refractivity contribution >= 4 is 23.4 Å². The first-order valence-corrected chi connectivity index (χ1v) is 12.3. The second kappa shape index (κ2) is 10.7. The van der Waals surface area contributed by atoms with Crippen LogP contribution in [0.5, 0.6) is 11.5 Å². The van der Waals surface area contributed by atoms with Gasteiger partial charge in [-0.05, 0) is 55.7 Å². The Labute approximate surface area is 218 Å². The second-order valence-corrected chi connectivity index (χ2v) is 9.25. The molecule has 194 valence electrons. The number of aryl methyl sites for hydroxylation is 1. The summed E-state index contributed by atoms with van der Waals surface area (Å²) in [7, 11) is 0. The first-order chi connectivity index (χ1) is 18.4. The van der Waals surface area contributed by atoms with E-state index in [0.717, 1.165) is 35.9 Å². The van der Waals surface area contributed by atoms with Gasteiger partial charge in [-0.15, -0.1) is 0 Å². The molecule has 9 nitrogen and oxygen atoms in total. The molecule has 2 heterocycles. The summed E-state index contributed by atoms with van der Waals surface area (Å²) in [5.41, 5.74) is 8.32. The lowest BCUT2D eigenvalue weighted by Gasteiger charge is -2.12. The molecule has 0 atom stereocenters. The zero-order valence-corrected chi connectivity index (χ0v) is 20.8. The number of hydrogen-bond donors (Lipinski definition) is 3. The summed E-state index contributed by atoms with van der Waals surface area (Å²) in [5, 5.41) is 10.3. The van der Waals surface area contributed by atoms with Gasteiger partial charge in [-0.3, -0.25) is 15.1 Å². The average molecular weight is 515 g/mol. The van der Waals surface area contributed by atoms with E-state index in [4.69, 9.17) is 15.6 Å². The van der Waals surface area contributed by atoms with Crippen LogP contribution in [0.3, 0.4) is 0 Å². The molecule has 3 amide bonds. The third kappa shape index (κ3) is 5.64. The Morgan fingerprint density at radius 1 is 1.05 bits per heavy atom. The monoisotopic (exact) mass is 514 g/mol. The average Bonchev–Trinajstić information content (AvgIpc) is 3.56. The summed E-state index contributed by atoms with van der Waals surface area (Å²) in [6, 6.07) is 16.1. The largest absolute Gasteiger partial charge is 0.454 e. The van der Waals surface area contributed by atoms with Crippen LogP contribution >= 0.6 is 0 Å². The maximum Gasteiger partial charge on any atom is 0.324 e. The maximum atomic E-state index is 14.8. The highest BCUT2D eigenvalue weighted by Gasteiger charge is 2.23. The number of nitrogens with two attached hydrogens (primary N) is 1. The molecule has 4 aromatic rings. The van der Waals surface area contributed by atoms with E-state index in [-0.39, 0.29) is 22.9 Å². The molecule has 38 heavy (non-hydrogen) atoms. The van der Waals surface area contributed by atoms with Crippen molar-refractivity contribution in [2.24, 2.45) is 5.73 Å². The minimum atomic E-state index is -0.722. The number of carbonyl (C=O) groups is 2. The first-order valence-electron chi connectivity index (χ1n) is 12.3. The van der Waals surface area contributed by atoms with Crippen molar-refractivity contribution in [2.75, 3.05) is 10.6 Å². The van der Waals surface area contributed by atoms with E-state index < -0.39 is 17.8 Å². The zero-order valence-electron chi connectivity index (χ0n) is 20.8. The number of aromatic nitrogens is 3. The number of nitrogens with zero attached hydrogens (tertiary/aromatic N) is 3. The van der Waals surface area contributed by atoms with Crippen LogP contribution in [-0.2, 0) is 0 Å². The van der Waals surface area contributed by atoms with Gasteiger partial charge in [0.05, 0.1) is 11.4 Å². The molecule has 1 fully saturated rings. The molecule has 0 aliphatic heterocycles. The molecule has 2 aromatic carbocycles. The molecule has 1 saturated carbocycles. The van der Waals surface area contributed by atoms with Gasteiger partial charge in [0.15, 0.2) is 11.6 Å². The van der Waals surface area contributed by atoms with E-state index in [1.807, 2.05) is 37.3 Å². The fraction of sp³-hybridized carbons (Fsp3) is 0.214. The number of benzene rings is 2. The molecule has 4 N–H and O–H groups in total. The number of amides is 3. The van der Waals surface area contributed by atoms with Gasteiger partial charge in [-0.1, -0.05) is 25.0 Å². The van der Waals surface area contributed by atoms with Crippen LogP contribution in [0, 0.1) is 12.7 Å². The SMILES string of the molecule is Cc1cccc(-n2nc(C3CCCC3)cc2NC(=O)Nc2ccc(Oc3ccnc(C(N)=O)c3)c(F)c2)c1. The highest BCUT2D eigenvalue weighted by molar-refractivity contribution is 5.99. The third-order valence-electron chi connectivity index (χ3n) is 6.39. The molecule has 0 radical (unpaired) electrons. The summed E-state index contributed by atoms with van der Waals surface area (Å²) in [6.45, 7) is 2.00. The molecule has 0 spiro atoms. The van der Waals surface area contributed by atoms with Crippen LogP contribution < -0.4 is 21.1 Å². The van der Waals surface area contributed by atoms with Gasteiger partial charge in [0.1, 0.15) is 17.3 Å². The van der Waals surface area contributed by atoms with Crippen LogP contribution in [0.4, 0.5) is 20.7 Å². The number of nitrogens with one attached hydrogen (secondary N) is 2. The standard InChI is InChI=1S/C28H27FN6O3/c1-17-5-4-8-20(13-17)35-26(16-23(34-35)18-6-2-3-7-18)33-28(37)32-19-9-10-25(22(29)14-19)38-21-11-12-31-24(15-21)27(30)36/h4-5,8-16,18H,2-3,6-7H2,1H3,(H2,30,36)(H2,32,33,37). The molecule has 5 rings (SSSR count). The van der Waals surface area contributed by atoms with Crippen molar-refractivity contribution in [2.45, 2.75) is 38.5 Å². The van der Waals surface area contributed by atoms with Gasteiger partial charge in [0, 0.05) is 36.0 Å². The fourth-order valence-corrected chi connectivity index (χ4v) is 4.54. The van der Waals surface area contributed by atoms with Crippen LogP contribution in [0.2, 0.25) is 0 Å². The topological polar surface area (TPSA) is 124 Å². The lowest BCUT2D eigenvalue weighted by Crippen LogP contribution is -2.21. The van der Waals surface area contributed by atoms with Gasteiger partial charge in [-0.2, -0.15) is 5.10 Å². The highest BCUT2D eigenvalue weighted by Crippen LogP contribution is 2.35. The van der Waals surface area contributed by atoms with Gasteiger partial charge < -0.3 is 15.8 Å². The van der Waals surface area contributed by atoms with E-state index in [2.05, 4.69) is 15.6 Å². The summed E-state index contributed by atoms with van der Waals surface area (Å²) < 4.78 is 22.0. The Morgan fingerprint density at radius 3 is 2.61 bits per heavy atom. The van der Waals surface area contributed by atoms with Crippen molar-refractivity contribution < 1.29 is 18.7 Å². The summed E-state index contributed by atoms with van der Waals surface area (Å²) >= 11 is 0.